The molecule has 4 nitrogen and oxygen atoms in total. The highest BCUT2D eigenvalue weighted by Gasteiger charge is 2.25. The van der Waals surface area contributed by atoms with E-state index in [2.05, 4.69) is 12.0 Å². The molecule has 5 heteroatoms. The largest absolute Gasteiger partial charge is 0.337 e. The summed E-state index contributed by atoms with van der Waals surface area (Å²) in [5.74, 6) is 0.711. The van der Waals surface area contributed by atoms with Crippen molar-refractivity contribution < 1.29 is 4.79 Å². The molecule has 0 aliphatic carbocycles. The lowest BCUT2D eigenvalue weighted by Crippen LogP contribution is -2.38. The molecule has 1 amide bonds. The number of amides is 1. The Morgan fingerprint density at radius 1 is 1.50 bits per heavy atom. The zero-order valence-electron chi connectivity index (χ0n) is 9.61. The fourth-order valence-electron chi connectivity index (χ4n) is 2.01. The van der Waals surface area contributed by atoms with E-state index in [9.17, 15) is 4.79 Å². The highest BCUT2D eigenvalue weighted by Crippen LogP contribution is 2.21. The molecule has 1 aromatic rings. The van der Waals surface area contributed by atoms with E-state index in [1.165, 1.54) is 6.20 Å². The van der Waals surface area contributed by atoms with E-state index < -0.39 is 0 Å². The number of aryl methyl sites for hydroxylation is 1. The van der Waals surface area contributed by atoms with Crippen molar-refractivity contribution in [3.8, 4) is 0 Å². The molecule has 0 saturated carbocycles. The minimum atomic E-state index is -0.00287. The Kier molecular flexibility index (Phi) is 3.19. The maximum atomic E-state index is 12.2. The molecule has 1 aromatic heterocycles. The van der Waals surface area contributed by atoms with Gasteiger partial charge in [-0.2, -0.15) is 5.10 Å². The highest BCUT2D eigenvalue weighted by atomic mass is 35.5. The normalized spacial score (nSPS) is 17.8. The van der Waals surface area contributed by atoms with Gasteiger partial charge in [0.2, 0.25) is 0 Å². The van der Waals surface area contributed by atoms with Gasteiger partial charge in [-0.1, -0.05) is 18.5 Å². The predicted octanol–water partition coefficient (Wildman–Crippen LogP) is 1.95. The van der Waals surface area contributed by atoms with E-state index in [0.717, 1.165) is 25.9 Å². The van der Waals surface area contributed by atoms with Crippen LogP contribution < -0.4 is 0 Å². The van der Waals surface area contributed by atoms with Crippen molar-refractivity contribution in [1.29, 1.82) is 0 Å². The first-order valence-corrected chi connectivity index (χ1v) is 5.94. The van der Waals surface area contributed by atoms with Gasteiger partial charge in [-0.15, -0.1) is 0 Å². The zero-order valence-corrected chi connectivity index (χ0v) is 10.4. The Labute approximate surface area is 100 Å². The van der Waals surface area contributed by atoms with Crippen LogP contribution in [0.25, 0.3) is 0 Å². The molecule has 1 fully saturated rings. The summed E-state index contributed by atoms with van der Waals surface area (Å²) in [5.41, 5.74) is 0.496. The molecule has 0 spiro atoms. The van der Waals surface area contributed by atoms with Crippen molar-refractivity contribution >= 4 is 17.5 Å². The number of carbonyl (C=O) groups excluding carboxylic acids is 1. The van der Waals surface area contributed by atoms with Crippen molar-refractivity contribution in [2.45, 2.75) is 19.8 Å². The number of hydrogen-bond donors (Lipinski definition) is 0. The van der Waals surface area contributed by atoms with Crippen LogP contribution in [0.4, 0.5) is 0 Å². The second-order valence-electron chi connectivity index (χ2n) is 4.44. The van der Waals surface area contributed by atoms with Gasteiger partial charge in [0.25, 0.3) is 5.91 Å². The van der Waals surface area contributed by atoms with Crippen LogP contribution in [0.1, 0.15) is 30.3 Å². The number of rotatable bonds is 1. The molecular weight excluding hydrogens is 226 g/mol. The van der Waals surface area contributed by atoms with Gasteiger partial charge in [0.15, 0.2) is 0 Å². The van der Waals surface area contributed by atoms with Crippen molar-refractivity contribution in [2.75, 3.05) is 13.1 Å². The number of piperidine rings is 1. The van der Waals surface area contributed by atoms with Gasteiger partial charge in [0.05, 0.1) is 11.2 Å². The summed E-state index contributed by atoms with van der Waals surface area (Å²) >= 11 is 5.96. The number of carbonyl (C=O) groups is 1. The number of aromatic nitrogens is 2. The molecule has 2 rings (SSSR count). The van der Waals surface area contributed by atoms with E-state index in [4.69, 9.17) is 11.6 Å². The third-order valence-corrected chi connectivity index (χ3v) is 3.44. The summed E-state index contributed by atoms with van der Waals surface area (Å²) in [5, 5.41) is 4.42. The van der Waals surface area contributed by atoms with Crippen LogP contribution in [0.15, 0.2) is 6.20 Å². The lowest BCUT2D eigenvalue weighted by molar-refractivity contribution is 0.0686. The summed E-state index contributed by atoms with van der Waals surface area (Å²) in [6.45, 7) is 3.86. The van der Waals surface area contributed by atoms with Crippen molar-refractivity contribution in [3.05, 3.63) is 16.9 Å². The maximum absolute atomic E-state index is 12.2. The number of likely N-dealkylation sites (tertiary alicyclic amines) is 1. The molecule has 0 atom stereocenters. The van der Waals surface area contributed by atoms with Crippen LogP contribution in [0.3, 0.4) is 0 Å². The van der Waals surface area contributed by atoms with E-state index in [0.29, 0.717) is 16.6 Å². The highest BCUT2D eigenvalue weighted by molar-refractivity contribution is 6.33. The quantitative estimate of drug-likeness (QED) is 0.754. The molecule has 88 valence electrons. The van der Waals surface area contributed by atoms with Crippen molar-refractivity contribution in [3.63, 3.8) is 0 Å². The Morgan fingerprint density at radius 2 is 2.12 bits per heavy atom. The summed E-state index contributed by atoms with van der Waals surface area (Å²) in [4.78, 5) is 14.1. The monoisotopic (exact) mass is 241 g/mol. The van der Waals surface area contributed by atoms with E-state index >= 15 is 0 Å². The van der Waals surface area contributed by atoms with Gasteiger partial charge in [-0.3, -0.25) is 9.48 Å². The van der Waals surface area contributed by atoms with Gasteiger partial charge >= 0.3 is 0 Å². The van der Waals surface area contributed by atoms with Crippen LogP contribution in [-0.4, -0.2) is 33.7 Å². The van der Waals surface area contributed by atoms with Gasteiger partial charge in [-0.25, -0.2) is 0 Å². The molecular formula is C11H16ClN3O. The first kappa shape index (κ1) is 11.5. The molecule has 1 aliphatic heterocycles. The summed E-state index contributed by atoms with van der Waals surface area (Å²) in [7, 11) is 1.74. The molecule has 1 aliphatic rings. The van der Waals surface area contributed by atoms with Crippen molar-refractivity contribution in [1.82, 2.24) is 14.7 Å². The van der Waals surface area contributed by atoms with Gasteiger partial charge in [-0.05, 0) is 18.8 Å². The molecule has 2 heterocycles. The maximum Gasteiger partial charge on any atom is 0.273 e. The predicted molar refractivity (Wildman–Crippen MR) is 62.5 cm³/mol. The number of nitrogens with zero attached hydrogens (tertiary/aromatic N) is 3. The van der Waals surface area contributed by atoms with Crippen LogP contribution >= 0.6 is 11.6 Å². The Bertz CT molecular complexity index is 374. The summed E-state index contributed by atoms with van der Waals surface area (Å²) < 4.78 is 1.54. The topological polar surface area (TPSA) is 38.1 Å². The molecule has 0 N–H and O–H groups in total. The van der Waals surface area contributed by atoms with Crippen LogP contribution in [-0.2, 0) is 7.05 Å². The molecule has 1 saturated heterocycles. The summed E-state index contributed by atoms with van der Waals surface area (Å²) in [6.07, 6.45) is 3.66. The minimum absolute atomic E-state index is 0.00287. The minimum Gasteiger partial charge on any atom is -0.337 e. The molecule has 0 aromatic carbocycles. The molecule has 0 bridgehead atoms. The fourth-order valence-corrected chi connectivity index (χ4v) is 2.26. The first-order chi connectivity index (χ1) is 7.59. The zero-order chi connectivity index (χ0) is 11.7. The standard InChI is InChI=1S/C11H16ClN3O/c1-8-3-5-15(6-4-8)11(16)10-9(12)7-13-14(10)2/h7-8H,3-6H2,1-2H3. The SMILES string of the molecule is CC1CCN(C(=O)c2c(Cl)cnn2C)CC1. The smallest absolute Gasteiger partial charge is 0.273 e. The van der Waals surface area contributed by atoms with E-state index in [-0.39, 0.29) is 5.91 Å². The van der Waals surface area contributed by atoms with Gasteiger partial charge in [0.1, 0.15) is 5.69 Å². The lowest BCUT2D eigenvalue weighted by atomic mass is 9.99. The number of halogens is 1. The lowest BCUT2D eigenvalue weighted by Gasteiger charge is -2.30. The van der Waals surface area contributed by atoms with Crippen molar-refractivity contribution in [2.24, 2.45) is 13.0 Å². The summed E-state index contributed by atoms with van der Waals surface area (Å²) in [6, 6.07) is 0. The van der Waals surface area contributed by atoms with Crippen LogP contribution in [0, 0.1) is 5.92 Å². The molecule has 0 unspecified atom stereocenters. The van der Waals surface area contributed by atoms with Crippen LogP contribution in [0.2, 0.25) is 5.02 Å². The first-order valence-electron chi connectivity index (χ1n) is 5.56. The second kappa shape index (κ2) is 4.45. The van der Waals surface area contributed by atoms with E-state index in [1.54, 1.807) is 11.7 Å². The number of hydrogen-bond acceptors (Lipinski definition) is 2. The van der Waals surface area contributed by atoms with Gasteiger partial charge in [0, 0.05) is 20.1 Å². The van der Waals surface area contributed by atoms with Crippen LogP contribution in [0.5, 0.6) is 0 Å². The van der Waals surface area contributed by atoms with E-state index in [1.807, 2.05) is 4.90 Å². The molecule has 16 heavy (non-hydrogen) atoms. The van der Waals surface area contributed by atoms with Gasteiger partial charge < -0.3 is 4.90 Å². The molecule has 0 radical (unpaired) electrons. The average Bonchev–Trinajstić information content (AvgIpc) is 2.59. The second-order valence-corrected chi connectivity index (χ2v) is 4.85. The Hall–Kier alpha value is -1.03. The fraction of sp³-hybridized carbons (Fsp3) is 0.636. The average molecular weight is 242 g/mol. The Morgan fingerprint density at radius 3 is 2.62 bits per heavy atom. The third kappa shape index (κ3) is 2.07. The third-order valence-electron chi connectivity index (χ3n) is 3.17. The Balaban J connectivity index is 2.14.